The molecule has 1 N–H and O–H groups in total. The van der Waals surface area contributed by atoms with E-state index in [4.69, 9.17) is 4.74 Å². The molecule has 98 valence electrons. The molecule has 1 heterocycles. The molecule has 0 fully saturated rings. The quantitative estimate of drug-likeness (QED) is 0.750. The molecule has 0 spiro atoms. The molecule has 5 heteroatoms. The molecule has 1 unspecified atom stereocenters. The Balaban J connectivity index is 2.47. The zero-order valence-corrected chi connectivity index (χ0v) is 11.3. The van der Waals surface area contributed by atoms with Crippen molar-refractivity contribution >= 4 is 0 Å². The maximum absolute atomic E-state index is 5.09. The largest absolute Gasteiger partial charge is 0.385 e. The van der Waals surface area contributed by atoms with Gasteiger partial charge in [0.25, 0.3) is 0 Å². The van der Waals surface area contributed by atoms with Gasteiger partial charge in [-0.3, -0.25) is 0 Å². The predicted molar refractivity (Wildman–Crippen MR) is 67.8 cm³/mol. The summed E-state index contributed by atoms with van der Waals surface area (Å²) in [5.74, 6) is 1.64. The Kier molecular flexibility index (Phi) is 6.15. The summed E-state index contributed by atoms with van der Waals surface area (Å²) in [5, 5.41) is 7.66. The summed E-state index contributed by atoms with van der Waals surface area (Å²) in [6.07, 6.45) is 2.58. The second-order valence-corrected chi connectivity index (χ2v) is 4.78. The first kappa shape index (κ1) is 14.1. The van der Waals surface area contributed by atoms with Gasteiger partial charge in [-0.1, -0.05) is 13.8 Å². The van der Waals surface area contributed by atoms with Gasteiger partial charge in [0.15, 0.2) is 0 Å². The standard InChI is InChI=1S/C12H24N4O/c1-10(2)7-13-8-12-14-9-15-16(12)11(3)5-6-17-4/h9-11,13H,5-8H2,1-4H3. The van der Waals surface area contributed by atoms with E-state index in [1.54, 1.807) is 13.4 Å². The van der Waals surface area contributed by atoms with Crippen molar-refractivity contribution in [2.24, 2.45) is 5.92 Å². The van der Waals surface area contributed by atoms with Crippen LogP contribution in [0, 0.1) is 5.92 Å². The second-order valence-electron chi connectivity index (χ2n) is 4.78. The molecule has 0 aliphatic carbocycles. The van der Waals surface area contributed by atoms with Crippen molar-refractivity contribution in [2.75, 3.05) is 20.3 Å². The third kappa shape index (κ3) is 4.83. The first-order valence-corrected chi connectivity index (χ1v) is 6.23. The average Bonchev–Trinajstić information content (AvgIpc) is 2.73. The Hall–Kier alpha value is -0.940. The Morgan fingerprint density at radius 3 is 2.82 bits per heavy atom. The number of rotatable bonds is 8. The van der Waals surface area contributed by atoms with Crippen molar-refractivity contribution in [3.05, 3.63) is 12.2 Å². The van der Waals surface area contributed by atoms with Crippen molar-refractivity contribution in [3.63, 3.8) is 0 Å². The molecule has 0 aromatic carbocycles. The van der Waals surface area contributed by atoms with Gasteiger partial charge in [0.1, 0.15) is 12.2 Å². The van der Waals surface area contributed by atoms with Gasteiger partial charge >= 0.3 is 0 Å². The minimum absolute atomic E-state index is 0.327. The maximum Gasteiger partial charge on any atom is 0.141 e. The molecule has 1 rings (SSSR count). The van der Waals surface area contributed by atoms with E-state index in [-0.39, 0.29) is 0 Å². The summed E-state index contributed by atoms with van der Waals surface area (Å²) in [4.78, 5) is 4.29. The Labute approximate surface area is 104 Å². The molecule has 5 nitrogen and oxygen atoms in total. The number of hydrogen-bond acceptors (Lipinski definition) is 4. The molecule has 0 radical (unpaired) electrons. The van der Waals surface area contributed by atoms with E-state index in [1.807, 2.05) is 4.68 Å². The molecule has 0 amide bonds. The molecule has 0 aliphatic rings. The zero-order valence-electron chi connectivity index (χ0n) is 11.3. The van der Waals surface area contributed by atoms with Crippen LogP contribution >= 0.6 is 0 Å². The second kappa shape index (κ2) is 7.40. The third-order valence-corrected chi connectivity index (χ3v) is 2.64. The fourth-order valence-electron chi connectivity index (χ4n) is 1.65. The summed E-state index contributed by atoms with van der Waals surface area (Å²) in [5.41, 5.74) is 0. The highest BCUT2D eigenvalue weighted by molar-refractivity contribution is 4.86. The highest BCUT2D eigenvalue weighted by Crippen LogP contribution is 2.11. The van der Waals surface area contributed by atoms with E-state index in [1.165, 1.54) is 0 Å². The summed E-state index contributed by atoms with van der Waals surface area (Å²) in [7, 11) is 1.72. The average molecular weight is 240 g/mol. The molecule has 0 saturated heterocycles. The lowest BCUT2D eigenvalue weighted by molar-refractivity contribution is 0.178. The van der Waals surface area contributed by atoms with E-state index in [2.05, 4.69) is 36.2 Å². The van der Waals surface area contributed by atoms with Crippen LogP contribution in [0.5, 0.6) is 0 Å². The number of nitrogens with zero attached hydrogens (tertiary/aromatic N) is 3. The van der Waals surface area contributed by atoms with Gasteiger partial charge in [-0.2, -0.15) is 5.10 Å². The van der Waals surface area contributed by atoms with Crippen LogP contribution in [0.25, 0.3) is 0 Å². The lowest BCUT2D eigenvalue weighted by Crippen LogP contribution is -2.23. The summed E-state index contributed by atoms with van der Waals surface area (Å²) in [6, 6.07) is 0.327. The maximum atomic E-state index is 5.09. The van der Waals surface area contributed by atoms with Crippen LogP contribution in [-0.4, -0.2) is 35.0 Å². The Bertz CT molecular complexity index is 311. The Morgan fingerprint density at radius 1 is 1.41 bits per heavy atom. The van der Waals surface area contributed by atoms with E-state index in [0.29, 0.717) is 12.0 Å². The molecule has 1 aromatic rings. The molecule has 17 heavy (non-hydrogen) atoms. The number of hydrogen-bond donors (Lipinski definition) is 1. The molecular weight excluding hydrogens is 216 g/mol. The van der Waals surface area contributed by atoms with Gasteiger partial charge in [0, 0.05) is 13.7 Å². The molecule has 0 saturated carbocycles. The number of methoxy groups -OCH3 is 1. The van der Waals surface area contributed by atoms with Crippen LogP contribution in [0.3, 0.4) is 0 Å². The monoisotopic (exact) mass is 240 g/mol. The van der Waals surface area contributed by atoms with E-state index in [0.717, 1.165) is 31.9 Å². The summed E-state index contributed by atoms with van der Waals surface area (Å²) in [6.45, 7) is 9.05. The van der Waals surface area contributed by atoms with Crippen LogP contribution in [0.2, 0.25) is 0 Å². The number of nitrogens with one attached hydrogen (secondary N) is 1. The smallest absolute Gasteiger partial charge is 0.141 e. The van der Waals surface area contributed by atoms with E-state index >= 15 is 0 Å². The van der Waals surface area contributed by atoms with Gasteiger partial charge < -0.3 is 10.1 Å². The number of aromatic nitrogens is 3. The van der Waals surface area contributed by atoms with E-state index in [9.17, 15) is 0 Å². The SMILES string of the molecule is COCCC(C)n1ncnc1CNCC(C)C. The minimum Gasteiger partial charge on any atom is -0.385 e. The first-order valence-electron chi connectivity index (χ1n) is 6.23. The topological polar surface area (TPSA) is 52.0 Å². The molecule has 1 aromatic heterocycles. The highest BCUT2D eigenvalue weighted by atomic mass is 16.5. The van der Waals surface area contributed by atoms with Gasteiger partial charge in [0.2, 0.25) is 0 Å². The summed E-state index contributed by atoms with van der Waals surface area (Å²) < 4.78 is 7.06. The van der Waals surface area contributed by atoms with Crippen LogP contribution in [-0.2, 0) is 11.3 Å². The minimum atomic E-state index is 0.327. The first-order chi connectivity index (χ1) is 8.15. The van der Waals surface area contributed by atoms with Gasteiger partial charge in [-0.05, 0) is 25.8 Å². The van der Waals surface area contributed by atoms with Crippen molar-refractivity contribution in [1.82, 2.24) is 20.1 Å². The lowest BCUT2D eigenvalue weighted by Gasteiger charge is -2.14. The molecular formula is C12H24N4O. The normalized spacial score (nSPS) is 13.2. The van der Waals surface area contributed by atoms with Crippen LogP contribution < -0.4 is 5.32 Å². The van der Waals surface area contributed by atoms with Crippen LogP contribution in [0.15, 0.2) is 6.33 Å². The van der Waals surface area contributed by atoms with Crippen molar-refractivity contribution in [1.29, 1.82) is 0 Å². The van der Waals surface area contributed by atoms with Gasteiger partial charge in [-0.15, -0.1) is 0 Å². The van der Waals surface area contributed by atoms with Crippen LogP contribution in [0.4, 0.5) is 0 Å². The lowest BCUT2D eigenvalue weighted by atomic mass is 10.2. The fraction of sp³-hybridized carbons (Fsp3) is 0.833. The van der Waals surface area contributed by atoms with Crippen molar-refractivity contribution in [3.8, 4) is 0 Å². The zero-order chi connectivity index (χ0) is 12.7. The van der Waals surface area contributed by atoms with Crippen LogP contribution in [0.1, 0.15) is 39.1 Å². The molecule has 0 aliphatic heterocycles. The third-order valence-electron chi connectivity index (χ3n) is 2.64. The van der Waals surface area contributed by atoms with Gasteiger partial charge in [-0.25, -0.2) is 9.67 Å². The summed E-state index contributed by atoms with van der Waals surface area (Å²) >= 11 is 0. The molecule has 0 bridgehead atoms. The highest BCUT2D eigenvalue weighted by Gasteiger charge is 2.10. The van der Waals surface area contributed by atoms with Gasteiger partial charge in [0.05, 0.1) is 12.6 Å². The van der Waals surface area contributed by atoms with E-state index < -0.39 is 0 Å². The number of ether oxygens (including phenoxy) is 1. The molecule has 1 atom stereocenters. The van der Waals surface area contributed by atoms with Crippen molar-refractivity contribution < 1.29 is 4.74 Å². The van der Waals surface area contributed by atoms with Crippen molar-refractivity contribution in [2.45, 2.75) is 39.8 Å². The Morgan fingerprint density at radius 2 is 2.18 bits per heavy atom. The predicted octanol–water partition coefficient (Wildman–Crippen LogP) is 1.62. The fourth-order valence-corrected chi connectivity index (χ4v) is 1.65.